The van der Waals surface area contributed by atoms with Crippen molar-refractivity contribution in [3.8, 4) is 0 Å². The minimum atomic E-state index is -0.281. The van der Waals surface area contributed by atoms with E-state index in [-0.39, 0.29) is 17.6 Å². The lowest BCUT2D eigenvalue weighted by atomic mass is 9.97. The molecule has 6 heteroatoms. The first-order valence-corrected chi connectivity index (χ1v) is 10.5. The Morgan fingerprint density at radius 2 is 2.18 bits per heavy atom. The lowest BCUT2D eigenvalue weighted by Gasteiger charge is -2.31. The number of nitrogens with zero attached hydrogens (tertiary/aromatic N) is 2. The van der Waals surface area contributed by atoms with E-state index in [2.05, 4.69) is 36.2 Å². The number of aromatic nitrogens is 1. The fourth-order valence-electron chi connectivity index (χ4n) is 3.84. The molecule has 1 aromatic heterocycles. The standard InChI is InChI=1S/C22H24FN3OS/c1-14-9-15(2)20-19(10-14)28-22(25-20)26-8-4-6-17(13-26)21(27)24-12-16-5-3-7-18(23)11-16/h3,5,7,9-11,17H,4,6,8,12-13H2,1-2H3,(H,24,27). The van der Waals surface area contributed by atoms with Crippen LogP contribution in [-0.4, -0.2) is 24.0 Å². The number of hydrogen-bond donors (Lipinski definition) is 1. The summed E-state index contributed by atoms with van der Waals surface area (Å²) in [6.45, 7) is 6.15. The van der Waals surface area contributed by atoms with Crippen molar-refractivity contribution < 1.29 is 9.18 Å². The maximum Gasteiger partial charge on any atom is 0.225 e. The van der Waals surface area contributed by atoms with Gasteiger partial charge in [-0.25, -0.2) is 9.37 Å². The molecule has 1 atom stereocenters. The summed E-state index contributed by atoms with van der Waals surface area (Å²) in [5, 5.41) is 3.95. The van der Waals surface area contributed by atoms with Gasteiger partial charge in [-0.3, -0.25) is 4.79 Å². The third-order valence-electron chi connectivity index (χ3n) is 5.24. The summed E-state index contributed by atoms with van der Waals surface area (Å²) in [6, 6.07) is 10.7. The molecule has 1 amide bonds. The van der Waals surface area contributed by atoms with E-state index in [1.807, 2.05) is 6.07 Å². The van der Waals surface area contributed by atoms with Crippen LogP contribution >= 0.6 is 11.3 Å². The van der Waals surface area contributed by atoms with Gasteiger partial charge in [0.15, 0.2) is 5.13 Å². The van der Waals surface area contributed by atoms with Crippen LogP contribution in [-0.2, 0) is 11.3 Å². The minimum absolute atomic E-state index is 0.0297. The second-order valence-electron chi connectivity index (χ2n) is 7.56. The molecule has 0 saturated carbocycles. The highest BCUT2D eigenvalue weighted by molar-refractivity contribution is 7.22. The number of rotatable bonds is 4. The van der Waals surface area contributed by atoms with Crippen LogP contribution in [0.25, 0.3) is 10.2 Å². The molecule has 146 valence electrons. The van der Waals surface area contributed by atoms with Crippen LogP contribution in [0.2, 0.25) is 0 Å². The molecule has 28 heavy (non-hydrogen) atoms. The molecule has 1 fully saturated rings. The van der Waals surface area contributed by atoms with Crippen molar-refractivity contribution in [3.05, 3.63) is 58.9 Å². The molecule has 4 rings (SSSR count). The highest BCUT2D eigenvalue weighted by Gasteiger charge is 2.27. The fourth-order valence-corrected chi connectivity index (χ4v) is 5.02. The van der Waals surface area contributed by atoms with E-state index in [4.69, 9.17) is 4.98 Å². The molecule has 1 aliphatic heterocycles. The number of amides is 1. The van der Waals surface area contributed by atoms with E-state index < -0.39 is 0 Å². The van der Waals surface area contributed by atoms with Crippen LogP contribution in [0, 0.1) is 25.6 Å². The molecule has 3 aromatic rings. The number of thiazole rings is 1. The quantitative estimate of drug-likeness (QED) is 0.701. The number of carbonyl (C=O) groups is 1. The van der Waals surface area contributed by atoms with Gasteiger partial charge < -0.3 is 10.2 Å². The molecular formula is C22H24FN3OS. The normalized spacial score (nSPS) is 17.1. The SMILES string of the molecule is Cc1cc(C)c2nc(N3CCCC(C(=O)NCc4cccc(F)c4)C3)sc2c1. The number of anilines is 1. The van der Waals surface area contributed by atoms with Crippen molar-refractivity contribution in [3.63, 3.8) is 0 Å². The number of carbonyl (C=O) groups excluding carboxylic acids is 1. The average molecular weight is 398 g/mol. The summed E-state index contributed by atoms with van der Waals surface area (Å²) in [6.07, 6.45) is 1.83. The van der Waals surface area contributed by atoms with Gasteiger partial charge in [-0.15, -0.1) is 0 Å². The lowest BCUT2D eigenvalue weighted by molar-refractivity contribution is -0.125. The Labute approximate surface area is 168 Å². The predicted molar refractivity (Wildman–Crippen MR) is 112 cm³/mol. The van der Waals surface area contributed by atoms with Gasteiger partial charge in [-0.1, -0.05) is 29.5 Å². The molecular weight excluding hydrogens is 373 g/mol. The van der Waals surface area contributed by atoms with Crippen LogP contribution < -0.4 is 10.2 Å². The summed E-state index contributed by atoms with van der Waals surface area (Å²) in [5.74, 6) is -0.323. The Kier molecular flexibility index (Phi) is 5.31. The van der Waals surface area contributed by atoms with Crippen LogP contribution in [0.3, 0.4) is 0 Å². The monoisotopic (exact) mass is 397 g/mol. The third kappa shape index (κ3) is 4.02. The van der Waals surface area contributed by atoms with E-state index in [0.717, 1.165) is 35.6 Å². The second kappa shape index (κ2) is 7.87. The van der Waals surface area contributed by atoms with Crippen molar-refractivity contribution in [2.45, 2.75) is 33.2 Å². The Hall–Kier alpha value is -2.47. The summed E-state index contributed by atoms with van der Waals surface area (Å²) in [5.41, 5.74) is 4.27. The number of benzene rings is 2. The first-order valence-electron chi connectivity index (χ1n) is 9.64. The van der Waals surface area contributed by atoms with Crippen LogP contribution in [0.5, 0.6) is 0 Å². The van der Waals surface area contributed by atoms with Crippen LogP contribution in [0.15, 0.2) is 36.4 Å². The number of halogens is 1. The first kappa shape index (κ1) is 18.9. The first-order chi connectivity index (χ1) is 13.5. The highest BCUT2D eigenvalue weighted by atomic mass is 32.1. The summed E-state index contributed by atoms with van der Waals surface area (Å²) < 4.78 is 14.5. The molecule has 2 aromatic carbocycles. The smallest absolute Gasteiger partial charge is 0.225 e. The Morgan fingerprint density at radius 1 is 1.32 bits per heavy atom. The Balaban J connectivity index is 1.44. The minimum Gasteiger partial charge on any atom is -0.352 e. The van der Waals surface area contributed by atoms with Gasteiger partial charge in [-0.05, 0) is 61.6 Å². The zero-order valence-electron chi connectivity index (χ0n) is 16.2. The number of aryl methyl sites for hydroxylation is 2. The second-order valence-corrected chi connectivity index (χ2v) is 8.57. The average Bonchev–Trinajstić information content (AvgIpc) is 3.11. The van der Waals surface area contributed by atoms with Crippen molar-refractivity contribution in [1.29, 1.82) is 0 Å². The predicted octanol–water partition coefficient (Wildman–Crippen LogP) is 4.59. The van der Waals surface area contributed by atoms with Gasteiger partial charge in [0.1, 0.15) is 5.82 Å². The summed E-state index contributed by atoms with van der Waals surface area (Å²) in [7, 11) is 0. The van der Waals surface area contributed by atoms with Crippen molar-refractivity contribution in [2.75, 3.05) is 18.0 Å². The van der Waals surface area contributed by atoms with Gasteiger partial charge in [0, 0.05) is 19.6 Å². The molecule has 0 radical (unpaired) electrons. The molecule has 0 aliphatic carbocycles. The van der Waals surface area contributed by atoms with Gasteiger partial charge >= 0.3 is 0 Å². The molecule has 1 N–H and O–H groups in total. The van der Waals surface area contributed by atoms with Crippen molar-refractivity contribution in [1.82, 2.24) is 10.3 Å². The van der Waals surface area contributed by atoms with Gasteiger partial charge in [0.25, 0.3) is 0 Å². The largest absolute Gasteiger partial charge is 0.352 e. The lowest BCUT2D eigenvalue weighted by Crippen LogP contribution is -2.42. The van der Waals surface area contributed by atoms with E-state index in [1.54, 1.807) is 17.4 Å². The number of hydrogen-bond acceptors (Lipinski definition) is 4. The molecule has 1 aliphatic rings. The Bertz CT molecular complexity index is 1020. The van der Waals surface area contributed by atoms with E-state index in [1.165, 1.54) is 28.0 Å². The third-order valence-corrected chi connectivity index (χ3v) is 6.30. The number of nitrogens with one attached hydrogen (secondary N) is 1. The van der Waals surface area contributed by atoms with E-state index in [0.29, 0.717) is 13.1 Å². The molecule has 4 nitrogen and oxygen atoms in total. The van der Waals surface area contributed by atoms with Crippen LogP contribution in [0.1, 0.15) is 29.5 Å². The fraction of sp³-hybridized carbons (Fsp3) is 0.364. The van der Waals surface area contributed by atoms with Crippen molar-refractivity contribution >= 4 is 32.6 Å². The Morgan fingerprint density at radius 3 is 3.00 bits per heavy atom. The topological polar surface area (TPSA) is 45.2 Å². The van der Waals surface area contributed by atoms with Crippen molar-refractivity contribution in [2.24, 2.45) is 5.92 Å². The molecule has 1 saturated heterocycles. The zero-order chi connectivity index (χ0) is 19.7. The van der Waals surface area contributed by atoms with E-state index in [9.17, 15) is 9.18 Å². The molecule has 0 spiro atoms. The van der Waals surface area contributed by atoms with Gasteiger partial charge in [-0.2, -0.15) is 0 Å². The van der Waals surface area contributed by atoms with Gasteiger partial charge in [0.2, 0.25) is 5.91 Å². The zero-order valence-corrected chi connectivity index (χ0v) is 17.0. The molecule has 2 heterocycles. The number of fused-ring (bicyclic) bond motifs is 1. The molecule has 0 bridgehead atoms. The molecule has 1 unspecified atom stereocenters. The maximum atomic E-state index is 13.3. The van der Waals surface area contributed by atoms with E-state index >= 15 is 0 Å². The number of piperidine rings is 1. The van der Waals surface area contributed by atoms with Crippen LogP contribution in [0.4, 0.5) is 9.52 Å². The summed E-state index contributed by atoms with van der Waals surface area (Å²) in [4.78, 5) is 19.7. The summed E-state index contributed by atoms with van der Waals surface area (Å²) >= 11 is 1.70. The maximum absolute atomic E-state index is 13.3. The van der Waals surface area contributed by atoms with Gasteiger partial charge in [0.05, 0.1) is 16.1 Å². The highest BCUT2D eigenvalue weighted by Crippen LogP contribution is 2.33.